The number of amides is 2. The lowest BCUT2D eigenvalue weighted by Crippen LogP contribution is -2.49. The lowest BCUT2D eigenvalue weighted by Gasteiger charge is -2.33. The summed E-state index contributed by atoms with van der Waals surface area (Å²) in [5.41, 5.74) is 0.966. The number of hydrogen-bond acceptors (Lipinski definition) is 5. The summed E-state index contributed by atoms with van der Waals surface area (Å²) >= 11 is 0. The third kappa shape index (κ3) is 3.72. The van der Waals surface area contributed by atoms with Gasteiger partial charge in [-0.25, -0.2) is 4.68 Å². The van der Waals surface area contributed by atoms with Gasteiger partial charge in [0.25, 0.3) is 0 Å². The highest BCUT2D eigenvalue weighted by molar-refractivity contribution is 5.90. The number of carbonyl (C=O) groups is 2. The molecule has 0 bridgehead atoms. The Hall–Kier alpha value is -1.96. The molecule has 4 rings (SSSR count). The van der Waals surface area contributed by atoms with Crippen molar-refractivity contribution < 1.29 is 14.7 Å². The van der Waals surface area contributed by atoms with Crippen molar-refractivity contribution in [3.63, 3.8) is 0 Å². The Balaban J connectivity index is 1.62. The number of aliphatic hydroxyl groups is 1. The average Bonchev–Trinajstić information content (AvgIpc) is 3.30. The Labute approximate surface area is 159 Å². The molecule has 0 aromatic carbocycles. The minimum absolute atomic E-state index is 0.112. The van der Waals surface area contributed by atoms with Crippen LogP contribution in [0.1, 0.15) is 69.0 Å². The van der Waals surface area contributed by atoms with E-state index in [1.807, 2.05) is 6.20 Å². The number of carbonyl (C=O) groups excluding carboxylic acids is 2. The fourth-order valence-electron chi connectivity index (χ4n) is 4.62. The SMILES string of the molecule is CNC(=O)[C@@H]1C[C@@H](O)CN1C(=O)C(C1CCCCC1)n1cc(C2CC2)nn1. The van der Waals surface area contributed by atoms with Gasteiger partial charge in [-0.2, -0.15) is 0 Å². The monoisotopic (exact) mass is 375 g/mol. The van der Waals surface area contributed by atoms with Gasteiger partial charge in [0.15, 0.2) is 0 Å². The first kappa shape index (κ1) is 18.4. The molecule has 2 N–H and O–H groups in total. The van der Waals surface area contributed by atoms with Crippen LogP contribution in [0.5, 0.6) is 0 Å². The van der Waals surface area contributed by atoms with Gasteiger partial charge in [-0.1, -0.05) is 24.5 Å². The van der Waals surface area contributed by atoms with E-state index in [0.717, 1.165) is 44.2 Å². The van der Waals surface area contributed by atoms with Crippen LogP contribution in [0.3, 0.4) is 0 Å². The number of likely N-dealkylation sites (tertiary alicyclic amines) is 1. The van der Waals surface area contributed by atoms with E-state index in [2.05, 4.69) is 15.6 Å². The highest BCUT2D eigenvalue weighted by Gasteiger charge is 2.44. The smallest absolute Gasteiger partial charge is 0.248 e. The van der Waals surface area contributed by atoms with E-state index in [4.69, 9.17) is 0 Å². The predicted molar refractivity (Wildman–Crippen MR) is 97.8 cm³/mol. The molecular formula is C19H29N5O3. The van der Waals surface area contributed by atoms with E-state index >= 15 is 0 Å². The molecule has 3 atom stereocenters. The fraction of sp³-hybridized carbons (Fsp3) is 0.789. The van der Waals surface area contributed by atoms with Crippen molar-refractivity contribution in [1.82, 2.24) is 25.2 Å². The number of β-amino-alcohol motifs (C(OH)–C–C–N with tert-alkyl or cyclic N) is 1. The number of aliphatic hydroxyl groups excluding tert-OH is 1. The largest absolute Gasteiger partial charge is 0.391 e. The van der Waals surface area contributed by atoms with Crippen molar-refractivity contribution >= 4 is 11.8 Å². The van der Waals surface area contributed by atoms with E-state index in [-0.39, 0.29) is 30.7 Å². The van der Waals surface area contributed by atoms with Gasteiger partial charge in [0.05, 0.1) is 11.8 Å². The summed E-state index contributed by atoms with van der Waals surface area (Å²) in [5.74, 6) is 0.343. The van der Waals surface area contributed by atoms with Crippen molar-refractivity contribution in [3.8, 4) is 0 Å². The minimum Gasteiger partial charge on any atom is -0.391 e. The Morgan fingerprint density at radius 2 is 1.96 bits per heavy atom. The van der Waals surface area contributed by atoms with Gasteiger partial charge >= 0.3 is 0 Å². The topological polar surface area (TPSA) is 100 Å². The van der Waals surface area contributed by atoms with E-state index in [1.54, 1.807) is 16.6 Å². The molecule has 27 heavy (non-hydrogen) atoms. The lowest BCUT2D eigenvalue weighted by molar-refractivity contribution is -0.143. The molecular weight excluding hydrogens is 346 g/mol. The van der Waals surface area contributed by atoms with Crippen LogP contribution in [0.25, 0.3) is 0 Å². The van der Waals surface area contributed by atoms with E-state index in [9.17, 15) is 14.7 Å². The van der Waals surface area contributed by atoms with Gasteiger partial charge in [0.1, 0.15) is 12.1 Å². The average molecular weight is 375 g/mol. The van der Waals surface area contributed by atoms with E-state index in [1.165, 1.54) is 6.42 Å². The molecule has 1 saturated heterocycles. The molecule has 2 saturated carbocycles. The third-order valence-electron chi connectivity index (χ3n) is 6.27. The lowest BCUT2D eigenvalue weighted by atomic mass is 9.83. The molecule has 8 nitrogen and oxygen atoms in total. The molecule has 3 fully saturated rings. The van der Waals surface area contributed by atoms with Gasteiger partial charge < -0.3 is 15.3 Å². The molecule has 2 aliphatic carbocycles. The minimum atomic E-state index is -0.666. The van der Waals surface area contributed by atoms with Gasteiger partial charge in [-0.3, -0.25) is 9.59 Å². The Morgan fingerprint density at radius 1 is 1.22 bits per heavy atom. The molecule has 1 aromatic heterocycles. The molecule has 1 aliphatic heterocycles. The van der Waals surface area contributed by atoms with Gasteiger partial charge in [-0.15, -0.1) is 5.10 Å². The molecule has 0 radical (unpaired) electrons. The van der Waals surface area contributed by atoms with Crippen LogP contribution in [0.4, 0.5) is 0 Å². The van der Waals surface area contributed by atoms with Crippen LogP contribution < -0.4 is 5.32 Å². The maximum Gasteiger partial charge on any atom is 0.248 e. The molecule has 0 spiro atoms. The van der Waals surface area contributed by atoms with Crippen LogP contribution in [0.15, 0.2) is 6.20 Å². The molecule has 1 aromatic rings. The number of likely N-dealkylation sites (N-methyl/N-ethyl adjacent to an activating group) is 1. The highest BCUT2D eigenvalue weighted by atomic mass is 16.3. The summed E-state index contributed by atoms with van der Waals surface area (Å²) in [5, 5.41) is 21.3. The zero-order valence-corrected chi connectivity index (χ0v) is 15.9. The molecule has 3 aliphatic rings. The number of aromatic nitrogens is 3. The van der Waals surface area contributed by atoms with Crippen molar-refractivity contribution in [2.45, 2.75) is 75.5 Å². The first-order chi connectivity index (χ1) is 13.1. The summed E-state index contributed by atoms with van der Waals surface area (Å²) in [6.45, 7) is 0.199. The molecule has 2 heterocycles. The number of hydrogen-bond donors (Lipinski definition) is 2. The van der Waals surface area contributed by atoms with Gasteiger partial charge in [0.2, 0.25) is 11.8 Å². The van der Waals surface area contributed by atoms with Gasteiger partial charge in [0, 0.05) is 32.1 Å². The summed E-state index contributed by atoms with van der Waals surface area (Å²) in [6, 6.07) is -1.06. The quantitative estimate of drug-likeness (QED) is 0.799. The Morgan fingerprint density at radius 3 is 2.63 bits per heavy atom. The molecule has 8 heteroatoms. The van der Waals surface area contributed by atoms with Crippen LogP contribution >= 0.6 is 0 Å². The third-order valence-corrected chi connectivity index (χ3v) is 6.27. The van der Waals surface area contributed by atoms with E-state index < -0.39 is 18.2 Å². The van der Waals surface area contributed by atoms with Crippen molar-refractivity contribution in [1.29, 1.82) is 0 Å². The number of nitrogens with zero attached hydrogens (tertiary/aromatic N) is 4. The molecule has 148 valence electrons. The van der Waals surface area contributed by atoms with Crippen LogP contribution in [-0.4, -0.2) is 62.6 Å². The summed E-state index contributed by atoms with van der Waals surface area (Å²) in [4.78, 5) is 27.4. The molecule has 1 unspecified atom stereocenters. The Bertz CT molecular complexity index is 695. The summed E-state index contributed by atoms with van der Waals surface area (Å²) in [7, 11) is 1.56. The van der Waals surface area contributed by atoms with Crippen molar-refractivity contribution in [2.75, 3.05) is 13.6 Å². The standard InChI is InChI=1S/C19H29N5O3/c1-20-18(26)16-9-14(25)10-23(16)19(27)17(13-5-3-2-4-6-13)24-11-15(21-22-24)12-7-8-12/h11-14,16-17,25H,2-10H2,1H3,(H,20,26)/t14-,16+,17?/m1/s1. The normalized spacial score (nSPS) is 27.6. The molecule has 2 amide bonds. The highest BCUT2D eigenvalue weighted by Crippen LogP contribution is 2.40. The second kappa shape index (κ2) is 7.58. The van der Waals surface area contributed by atoms with Crippen molar-refractivity contribution in [3.05, 3.63) is 11.9 Å². The first-order valence-electron chi connectivity index (χ1n) is 10.2. The van der Waals surface area contributed by atoms with Crippen LogP contribution in [0, 0.1) is 5.92 Å². The van der Waals surface area contributed by atoms with Crippen molar-refractivity contribution in [2.24, 2.45) is 5.92 Å². The second-order valence-electron chi connectivity index (χ2n) is 8.25. The summed E-state index contributed by atoms with van der Waals surface area (Å²) in [6.07, 6.45) is 9.21. The maximum atomic E-state index is 13.6. The van der Waals surface area contributed by atoms with E-state index in [0.29, 0.717) is 5.92 Å². The van der Waals surface area contributed by atoms with Crippen LogP contribution in [0.2, 0.25) is 0 Å². The zero-order chi connectivity index (χ0) is 19.0. The zero-order valence-electron chi connectivity index (χ0n) is 15.9. The fourth-order valence-corrected chi connectivity index (χ4v) is 4.62. The second-order valence-corrected chi connectivity index (χ2v) is 8.25. The summed E-state index contributed by atoms with van der Waals surface area (Å²) < 4.78 is 1.73. The van der Waals surface area contributed by atoms with Crippen LogP contribution in [-0.2, 0) is 9.59 Å². The maximum absolute atomic E-state index is 13.6. The Kier molecular flexibility index (Phi) is 5.16. The van der Waals surface area contributed by atoms with Gasteiger partial charge in [-0.05, 0) is 31.6 Å². The number of nitrogens with one attached hydrogen (secondary N) is 1. The number of rotatable bonds is 5. The first-order valence-corrected chi connectivity index (χ1v) is 10.2. The predicted octanol–water partition coefficient (Wildman–Crippen LogP) is 0.985.